The smallest absolute Gasteiger partial charge is 0.293 e. The zero-order valence-electron chi connectivity index (χ0n) is 14.3. The first-order valence-corrected chi connectivity index (χ1v) is 8.86. The average molecular weight is 358 g/mol. The van der Waals surface area contributed by atoms with Gasteiger partial charge in [-0.05, 0) is 35.6 Å². The van der Waals surface area contributed by atoms with Crippen LogP contribution in [0.15, 0.2) is 41.8 Å². The Morgan fingerprint density at radius 2 is 2.12 bits per heavy atom. The predicted molar refractivity (Wildman–Crippen MR) is 96.4 cm³/mol. The quantitative estimate of drug-likeness (QED) is 0.696. The summed E-state index contributed by atoms with van der Waals surface area (Å²) >= 11 is 1.49. The zero-order valence-corrected chi connectivity index (χ0v) is 15.1. The van der Waals surface area contributed by atoms with Gasteiger partial charge >= 0.3 is 0 Å². The summed E-state index contributed by atoms with van der Waals surface area (Å²) in [6, 6.07) is 9.89. The van der Waals surface area contributed by atoms with Crippen molar-refractivity contribution in [2.45, 2.75) is 13.8 Å². The molecule has 3 aromatic rings. The van der Waals surface area contributed by atoms with Gasteiger partial charge in [-0.2, -0.15) is 0 Å². The highest BCUT2D eigenvalue weighted by atomic mass is 32.1. The Labute approximate surface area is 149 Å². The predicted octanol–water partition coefficient (Wildman–Crippen LogP) is 3.86. The summed E-state index contributed by atoms with van der Waals surface area (Å²) in [7, 11) is 1.73. The van der Waals surface area contributed by atoms with Gasteiger partial charge in [0, 0.05) is 13.6 Å². The van der Waals surface area contributed by atoms with E-state index in [9.17, 15) is 9.18 Å². The van der Waals surface area contributed by atoms with Gasteiger partial charge in [-0.15, -0.1) is 16.4 Å². The number of benzene rings is 1. The van der Waals surface area contributed by atoms with Crippen LogP contribution >= 0.6 is 11.3 Å². The molecule has 1 aromatic carbocycles. The second-order valence-corrected chi connectivity index (χ2v) is 7.16. The number of carbonyl (C=O) groups excluding carboxylic acids is 1. The van der Waals surface area contributed by atoms with E-state index in [4.69, 9.17) is 0 Å². The van der Waals surface area contributed by atoms with Crippen LogP contribution in [0.5, 0.6) is 0 Å². The first-order valence-electron chi connectivity index (χ1n) is 7.98. The molecule has 7 heteroatoms. The number of halogens is 1. The molecule has 0 spiro atoms. The van der Waals surface area contributed by atoms with Crippen molar-refractivity contribution < 1.29 is 9.18 Å². The van der Waals surface area contributed by atoms with Gasteiger partial charge in [0.25, 0.3) is 5.91 Å². The fraction of sp³-hybridized carbons (Fsp3) is 0.278. The van der Waals surface area contributed by atoms with Crippen LogP contribution in [0.2, 0.25) is 0 Å². The Morgan fingerprint density at radius 3 is 2.76 bits per heavy atom. The summed E-state index contributed by atoms with van der Waals surface area (Å²) in [5.74, 6) is 0.366. The van der Waals surface area contributed by atoms with E-state index in [1.165, 1.54) is 28.2 Å². The van der Waals surface area contributed by atoms with E-state index in [0.717, 1.165) is 4.88 Å². The van der Waals surface area contributed by atoms with Crippen LogP contribution in [0.3, 0.4) is 0 Å². The maximum absolute atomic E-state index is 13.6. The molecule has 0 fully saturated rings. The number of hydrogen-bond acceptors (Lipinski definition) is 4. The molecule has 0 aliphatic carbocycles. The van der Waals surface area contributed by atoms with Crippen molar-refractivity contribution >= 4 is 17.2 Å². The Kier molecular flexibility index (Phi) is 4.94. The topological polar surface area (TPSA) is 51.0 Å². The molecule has 0 aliphatic rings. The zero-order chi connectivity index (χ0) is 18.0. The van der Waals surface area contributed by atoms with E-state index < -0.39 is 0 Å². The molecule has 0 atom stereocenters. The Hall–Kier alpha value is -2.54. The first kappa shape index (κ1) is 17.3. The van der Waals surface area contributed by atoms with Crippen LogP contribution < -0.4 is 0 Å². The fourth-order valence-electron chi connectivity index (χ4n) is 2.56. The van der Waals surface area contributed by atoms with Crippen LogP contribution in [-0.2, 0) is 0 Å². The number of nitrogens with zero attached hydrogens (tertiary/aromatic N) is 4. The highest BCUT2D eigenvalue weighted by Gasteiger charge is 2.22. The third-order valence-electron chi connectivity index (χ3n) is 3.58. The van der Waals surface area contributed by atoms with Gasteiger partial charge in [0.1, 0.15) is 5.82 Å². The van der Waals surface area contributed by atoms with Crippen molar-refractivity contribution in [3.05, 3.63) is 53.4 Å². The van der Waals surface area contributed by atoms with Crippen molar-refractivity contribution in [1.82, 2.24) is 19.7 Å². The standard InChI is InChI=1S/C18H19FN4OS/c1-12(2)11-22(3)18(24)16-20-17(15-8-5-9-25-15)23(21-16)14-7-4-6-13(19)10-14/h4-10,12H,11H2,1-3H3. The van der Waals surface area contributed by atoms with Crippen molar-refractivity contribution in [2.24, 2.45) is 5.92 Å². The summed E-state index contributed by atoms with van der Waals surface area (Å²) in [6.07, 6.45) is 0. The monoisotopic (exact) mass is 358 g/mol. The van der Waals surface area contributed by atoms with Gasteiger partial charge in [-0.3, -0.25) is 4.79 Å². The lowest BCUT2D eigenvalue weighted by molar-refractivity contribution is 0.0767. The molecule has 2 heterocycles. The Morgan fingerprint density at radius 1 is 1.32 bits per heavy atom. The summed E-state index contributed by atoms with van der Waals surface area (Å²) in [6.45, 7) is 4.70. The van der Waals surface area contributed by atoms with Crippen molar-refractivity contribution in [3.63, 3.8) is 0 Å². The average Bonchev–Trinajstić information content (AvgIpc) is 3.22. The summed E-state index contributed by atoms with van der Waals surface area (Å²) in [4.78, 5) is 19.5. The van der Waals surface area contributed by atoms with Crippen molar-refractivity contribution in [1.29, 1.82) is 0 Å². The number of carbonyl (C=O) groups is 1. The molecule has 2 aromatic heterocycles. The molecule has 25 heavy (non-hydrogen) atoms. The third-order valence-corrected chi connectivity index (χ3v) is 4.44. The number of hydrogen-bond donors (Lipinski definition) is 0. The van der Waals surface area contributed by atoms with Crippen LogP contribution in [0.4, 0.5) is 4.39 Å². The van der Waals surface area contributed by atoms with Gasteiger partial charge in [0.2, 0.25) is 5.82 Å². The molecule has 0 saturated heterocycles. The number of amides is 1. The van der Waals surface area contributed by atoms with Crippen LogP contribution in [0, 0.1) is 11.7 Å². The molecular formula is C18H19FN4OS. The van der Waals surface area contributed by atoms with E-state index in [0.29, 0.717) is 24.0 Å². The molecule has 0 saturated carbocycles. The third kappa shape index (κ3) is 3.76. The lowest BCUT2D eigenvalue weighted by atomic mass is 10.2. The maximum atomic E-state index is 13.6. The summed E-state index contributed by atoms with van der Waals surface area (Å²) < 4.78 is 15.1. The van der Waals surface area contributed by atoms with E-state index >= 15 is 0 Å². The molecular weight excluding hydrogens is 339 g/mol. The maximum Gasteiger partial charge on any atom is 0.293 e. The summed E-state index contributed by atoms with van der Waals surface area (Å²) in [5, 5.41) is 6.28. The van der Waals surface area contributed by atoms with Gasteiger partial charge in [0.15, 0.2) is 5.82 Å². The van der Waals surface area contributed by atoms with Gasteiger partial charge in [-0.1, -0.05) is 26.0 Å². The molecule has 5 nitrogen and oxygen atoms in total. The molecule has 1 amide bonds. The minimum atomic E-state index is -0.366. The Balaban J connectivity index is 2.05. The van der Waals surface area contributed by atoms with E-state index in [1.807, 2.05) is 31.4 Å². The molecule has 0 N–H and O–H groups in total. The fourth-order valence-corrected chi connectivity index (χ4v) is 3.26. The van der Waals surface area contributed by atoms with Crippen LogP contribution in [0.25, 0.3) is 16.4 Å². The lowest BCUT2D eigenvalue weighted by Gasteiger charge is -2.17. The first-order chi connectivity index (χ1) is 12.0. The second-order valence-electron chi connectivity index (χ2n) is 6.21. The molecule has 0 bridgehead atoms. The van der Waals surface area contributed by atoms with E-state index in [1.54, 1.807) is 24.1 Å². The van der Waals surface area contributed by atoms with Crippen molar-refractivity contribution in [3.8, 4) is 16.4 Å². The molecule has 0 aliphatic heterocycles. The highest BCUT2D eigenvalue weighted by Crippen LogP contribution is 2.26. The number of aromatic nitrogens is 3. The Bertz CT molecular complexity index is 873. The minimum absolute atomic E-state index is 0.107. The molecule has 0 radical (unpaired) electrons. The highest BCUT2D eigenvalue weighted by molar-refractivity contribution is 7.13. The van der Waals surface area contributed by atoms with Crippen LogP contribution in [0.1, 0.15) is 24.5 Å². The molecule has 0 unspecified atom stereocenters. The number of thiophene rings is 1. The van der Waals surface area contributed by atoms with Crippen molar-refractivity contribution in [2.75, 3.05) is 13.6 Å². The number of rotatable bonds is 5. The van der Waals surface area contributed by atoms with Crippen LogP contribution in [-0.4, -0.2) is 39.2 Å². The lowest BCUT2D eigenvalue weighted by Crippen LogP contribution is -2.31. The largest absolute Gasteiger partial charge is 0.339 e. The second kappa shape index (κ2) is 7.14. The molecule has 130 valence electrons. The van der Waals surface area contributed by atoms with Gasteiger partial charge in [-0.25, -0.2) is 14.1 Å². The molecule has 3 rings (SSSR count). The normalized spacial score (nSPS) is 11.1. The minimum Gasteiger partial charge on any atom is -0.339 e. The van der Waals surface area contributed by atoms with E-state index in [2.05, 4.69) is 10.1 Å². The SMILES string of the molecule is CC(C)CN(C)C(=O)c1nc(-c2cccs2)n(-c2cccc(F)c2)n1. The summed E-state index contributed by atoms with van der Waals surface area (Å²) in [5.41, 5.74) is 0.529. The van der Waals surface area contributed by atoms with Gasteiger partial charge in [0.05, 0.1) is 10.6 Å². The van der Waals surface area contributed by atoms with Gasteiger partial charge < -0.3 is 4.90 Å². The van der Waals surface area contributed by atoms with E-state index in [-0.39, 0.29) is 17.5 Å².